The van der Waals surface area contributed by atoms with E-state index in [1.165, 1.54) is 6.07 Å². The molecule has 0 aliphatic heterocycles. The first-order chi connectivity index (χ1) is 12.0. The Morgan fingerprint density at radius 1 is 1.15 bits per heavy atom. The standard InChI is InChI=1S/C16H21NO9/c1-8(2)17-7-12(9-3-4-10(18)11(19)5-9)26-15(24)16(25,14(22)23)6-13(20)21/h3-5,8,12,17-19,25H,6-7H2,1-2H3,(H,20,21)(H,22,23). The Labute approximate surface area is 148 Å². The van der Waals surface area contributed by atoms with Crippen molar-refractivity contribution in [1.82, 2.24) is 5.32 Å². The number of ether oxygens (including phenoxy) is 1. The van der Waals surface area contributed by atoms with Crippen molar-refractivity contribution in [2.24, 2.45) is 0 Å². The summed E-state index contributed by atoms with van der Waals surface area (Å²) in [5.74, 6) is -6.33. The number of aromatic hydroxyl groups is 2. The van der Waals surface area contributed by atoms with Crippen LogP contribution >= 0.6 is 0 Å². The van der Waals surface area contributed by atoms with E-state index < -0.39 is 47.5 Å². The van der Waals surface area contributed by atoms with Crippen molar-refractivity contribution in [3.63, 3.8) is 0 Å². The molecule has 0 amide bonds. The first-order valence-corrected chi connectivity index (χ1v) is 7.61. The quantitative estimate of drug-likeness (QED) is 0.196. The van der Waals surface area contributed by atoms with Crippen molar-refractivity contribution in [2.75, 3.05) is 6.54 Å². The predicted octanol–water partition coefficient (Wildman–Crippen LogP) is -0.0295. The SMILES string of the molecule is CC(C)NCC(OC(=O)C(O)(CC(=O)O)C(=O)O)c1ccc(O)c(O)c1. The first kappa shape index (κ1) is 21.2. The van der Waals surface area contributed by atoms with Gasteiger partial charge in [-0.3, -0.25) is 4.79 Å². The highest BCUT2D eigenvalue weighted by atomic mass is 16.6. The fraction of sp³-hybridized carbons (Fsp3) is 0.438. The van der Waals surface area contributed by atoms with Crippen LogP contribution < -0.4 is 5.32 Å². The molecule has 10 nitrogen and oxygen atoms in total. The van der Waals surface area contributed by atoms with Crippen LogP contribution in [0.3, 0.4) is 0 Å². The third-order valence-electron chi connectivity index (χ3n) is 3.43. The van der Waals surface area contributed by atoms with E-state index in [4.69, 9.17) is 14.9 Å². The van der Waals surface area contributed by atoms with Gasteiger partial charge in [-0.25, -0.2) is 9.59 Å². The van der Waals surface area contributed by atoms with E-state index in [9.17, 15) is 29.7 Å². The molecule has 0 aliphatic carbocycles. The van der Waals surface area contributed by atoms with Crippen molar-refractivity contribution < 1.29 is 44.7 Å². The number of nitrogens with one attached hydrogen (secondary N) is 1. The van der Waals surface area contributed by atoms with Crippen LogP contribution in [-0.4, -0.2) is 61.6 Å². The zero-order valence-electron chi connectivity index (χ0n) is 14.2. The summed E-state index contributed by atoms with van der Waals surface area (Å²) in [7, 11) is 0. The lowest BCUT2D eigenvalue weighted by Crippen LogP contribution is -2.50. The number of hydrogen-bond donors (Lipinski definition) is 6. The van der Waals surface area contributed by atoms with E-state index in [1.807, 2.05) is 0 Å². The lowest BCUT2D eigenvalue weighted by Gasteiger charge is -2.25. The molecular weight excluding hydrogens is 350 g/mol. The Hall–Kier alpha value is -2.85. The Bertz CT molecular complexity index is 688. The maximum absolute atomic E-state index is 12.2. The summed E-state index contributed by atoms with van der Waals surface area (Å²) in [5.41, 5.74) is -3.06. The van der Waals surface area contributed by atoms with Gasteiger partial charge in [-0.2, -0.15) is 0 Å². The molecule has 1 aromatic rings. The van der Waals surface area contributed by atoms with Crippen LogP contribution in [0.15, 0.2) is 18.2 Å². The van der Waals surface area contributed by atoms with Gasteiger partial charge in [0.25, 0.3) is 5.60 Å². The Kier molecular flexibility index (Phi) is 6.93. The second-order valence-electron chi connectivity index (χ2n) is 5.94. The minimum absolute atomic E-state index is 0.0175. The van der Waals surface area contributed by atoms with Crippen molar-refractivity contribution in [3.8, 4) is 11.5 Å². The molecule has 6 N–H and O–H groups in total. The van der Waals surface area contributed by atoms with E-state index >= 15 is 0 Å². The van der Waals surface area contributed by atoms with Gasteiger partial charge in [0, 0.05) is 12.6 Å². The summed E-state index contributed by atoms with van der Waals surface area (Å²) >= 11 is 0. The smallest absolute Gasteiger partial charge is 0.351 e. The van der Waals surface area contributed by atoms with Gasteiger partial charge in [0.2, 0.25) is 0 Å². The number of phenolic OH excluding ortho intramolecular Hbond substituents is 2. The molecule has 0 saturated heterocycles. The highest BCUT2D eigenvalue weighted by molar-refractivity contribution is 6.05. The van der Waals surface area contributed by atoms with E-state index in [0.29, 0.717) is 0 Å². The van der Waals surface area contributed by atoms with Crippen LogP contribution in [0.1, 0.15) is 31.9 Å². The van der Waals surface area contributed by atoms with Crippen LogP contribution in [-0.2, 0) is 19.1 Å². The zero-order chi connectivity index (χ0) is 20.1. The topological polar surface area (TPSA) is 174 Å². The third kappa shape index (κ3) is 5.33. The highest BCUT2D eigenvalue weighted by Gasteiger charge is 2.49. The van der Waals surface area contributed by atoms with Gasteiger partial charge in [-0.15, -0.1) is 0 Å². The average molecular weight is 371 g/mol. The molecule has 0 aliphatic rings. The number of benzene rings is 1. The largest absolute Gasteiger partial charge is 0.504 e. The normalized spacial score (nSPS) is 14.5. The van der Waals surface area contributed by atoms with Gasteiger partial charge in [0.1, 0.15) is 6.10 Å². The van der Waals surface area contributed by atoms with Crippen molar-refractivity contribution in [2.45, 2.75) is 38.0 Å². The second-order valence-corrected chi connectivity index (χ2v) is 5.94. The van der Waals surface area contributed by atoms with Gasteiger partial charge >= 0.3 is 17.9 Å². The lowest BCUT2D eigenvalue weighted by atomic mass is 10.00. The van der Waals surface area contributed by atoms with Crippen LogP contribution in [0.2, 0.25) is 0 Å². The number of rotatable bonds is 9. The van der Waals surface area contributed by atoms with Crippen molar-refractivity contribution >= 4 is 17.9 Å². The molecule has 2 atom stereocenters. The summed E-state index contributed by atoms with van der Waals surface area (Å²) < 4.78 is 5.02. The molecule has 0 saturated carbocycles. The van der Waals surface area contributed by atoms with Crippen LogP contribution in [0.25, 0.3) is 0 Å². The number of esters is 1. The van der Waals surface area contributed by atoms with Gasteiger partial charge in [-0.1, -0.05) is 19.9 Å². The number of carboxylic acids is 2. The molecule has 0 aromatic heterocycles. The molecule has 0 spiro atoms. The van der Waals surface area contributed by atoms with Gasteiger partial charge in [0.05, 0.1) is 6.42 Å². The predicted molar refractivity (Wildman–Crippen MR) is 86.6 cm³/mol. The molecule has 1 aromatic carbocycles. The van der Waals surface area contributed by atoms with E-state index in [-0.39, 0.29) is 18.2 Å². The van der Waals surface area contributed by atoms with E-state index in [0.717, 1.165) is 12.1 Å². The van der Waals surface area contributed by atoms with Crippen molar-refractivity contribution in [3.05, 3.63) is 23.8 Å². The molecule has 1 rings (SSSR count). The molecule has 144 valence electrons. The number of aliphatic carboxylic acids is 2. The Morgan fingerprint density at radius 2 is 1.77 bits per heavy atom. The maximum Gasteiger partial charge on any atom is 0.351 e. The monoisotopic (exact) mass is 371 g/mol. The lowest BCUT2D eigenvalue weighted by molar-refractivity contribution is -0.187. The second kappa shape index (κ2) is 8.50. The molecule has 26 heavy (non-hydrogen) atoms. The molecular formula is C16H21NO9. The zero-order valence-corrected chi connectivity index (χ0v) is 14.2. The van der Waals surface area contributed by atoms with Crippen LogP contribution in [0.4, 0.5) is 0 Å². The fourth-order valence-electron chi connectivity index (χ4n) is 1.99. The Balaban J connectivity index is 3.14. The molecule has 2 unspecified atom stereocenters. The Morgan fingerprint density at radius 3 is 2.23 bits per heavy atom. The summed E-state index contributed by atoms with van der Waals surface area (Å²) in [4.78, 5) is 34.1. The number of carboxylic acid groups (broad SMARTS) is 2. The summed E-state index contributed by atoms with van der Waals surface area (Å²) in [6.07, 6.45) is -2.54. The summed E-state index contributed by atoms with van der Waals surface area (Å²) in [5, 5.41) is 49.6. The molecule has 0 heterocycles. The number of aliphatic hydroxyl groups is 1. The van der Waals surface area contributed by atoms with Crippen molar-refractivity contribution in [1.29, 1.82) is 0 Å². The van der Waals surface area contributed by atoms with Crippen LogP contribution in [0, 0.1) is 0 Å². The molecule has 0 fully saturated rings. The van der Waals surface area contributed by atoms with Crippen LogP contribution in [0.5, 0.6) is 11.5 Å². The maximum atomic E-state index is 12.2. The third-order valence-corrected chi connectivity index (χ3v) is 3.43. The number of carbonyl (C=O) groups is 3. The van der Waals surface area contributed by atoms with Gasteiger partial charge in [-0.05, 0) is 17.7 Å². The summed E-state index contributed by atoms with van der Waals surface area (Å²) in [6.45, 7) is 3.58. The van der Waals surface area contributed by atoms with E-state index in [1.54, 1.807) is 13.8 Å². The highest BCUT2D eigenvalue weighted by Crippen LogP contribution is 2.30. The number of phenols is 2. The summed E-state index contributed by atoms with van der Waals surface area (Å²) in [6, 6.07) is 3.53. The number of hydrogen-bond acceptors (Lipinski definition) is 8. The fourth-order valence-corrected chi connectivity index (χ4v) is 1.99. The minimum atomic E-state index is -3.26. The molecule has 10 heteroatoms. The van der Waals surface area contributed by atoms with Gasteiger partial charge < -0.3 is 35.6 Å². The van der Waals surface area contributed by atoms with E-state index in [2.05, 4.69) is 5.32 Å². The molecule has 0 radical (unpaired) electrons. The van der Waals surface area contributed by atoms with Gasteiger partial charge in [0.15, 0.2) is 11.5 Å². The number of carbonyl (C=O) groups excluding carboxylic acids is 1. The average Bonchev–Trinajstić information content (AvgIpc) is 2.52. The first-order valence-electron chi connectivity index (χ1n) is 7.61. The molecule has 0 bridgehead atoms. The minimum Gasteiger partial charge on any atom is -0.504 e.